The van der Waals surface area contributed by atoms with Crippen molar-refractivity contribution < 1.29 is 14.4 Å². The third kappa shape index (κ3) is 3.46. The lowest BCUT2D eigenvalue weighted by atomic mass is 10.1. The molecule has 0 amide bonds. The van der Waals surface area contributed by atoms with Crippen molar-refractivity contribution >= 4 is 22.3 Å². The highest BCUT2D eigenvalue weighted by molar-refractivity contribution is 5.93. The van der Waals surface area contributed by atoms with Crippen LogP contribution in [0.15, 0.2) is 48.7 Å². The molecule has 28 heavy (non-hydrogen) atoms. The second-order valence-electron chi connectivity index (χ2n) is 6.80. The Morgan fingerprint density at radius 2 is 1.86 bits per heavy atom. The maximum absolute atomic E-state index is 13.1. The minimum atomic E-state index is -0.445. The molecule has 0 bridgehead atoms. The van der Waals surface area contributed by atoms with E-state index in [4.69, 9.17) is 0 Å². The average Bonchev–Trinajstić information content (AvgIpc) is 2.71. The van der Waals surface area contributed by atoms with Crippen LogP contribution in [0.4, 0.5) is 15.8 Å². The van der Waals surface area contributed by atoms with Gasteiger partial charge in [-0.2, -0.15) is 0 Å². The summed E-state index contributed by atoms with van der Waals surface area (Å²) in [6.45, 7) is 3.35. The number of fused-ring (bicyclic) bond motifs is 1. The van der Waals surface area contributed by atoms with Crippen LogP contribution in [-0.2, 0) is 6.54 Å². The smallest absolute Gasteiger partial charge is 0.279 e. The summed E-state index contributed by atoms with van der Waals surface area (Å²) in [5, 5.41) is 22.4. The van der Waals surface area contributed by atoms with Gasteiger partial charge in [0.1, 0.15) is 17.1 Å². The fourth-order valence-electron chi connectivity index (χ4n) is 3.59. The molecule has 1 saturated heterocycles. The number of nitrogens with zero attached hydrogens (tertiary/aromatic N) is 4. The van der Waals surface area contributed by atoms with Gasteiger partial charge in [0.05, 0.1) is 10.3 Å². The first-order valence-corrected chi connectivity index (χ1v) is 9.00. The number of aromatic hydroxyl groups is 1. The Kier molecular flexibility index (Phi) is 4.79. The van der Waals surface area contributed by atoms with E-state index in [0.29, 0.717) is 17.5 Å². The maximum Gasteiger partial charge on any atom is 0.279 e. The summed E-state index contributed by atoms with van der Waals surface area (Å²) in [6.07, 6.45) is 1.51. The molecule has 1 N–H and O–H groups in total. The number of aromatic nitrogens is 1. The minimum Gasteiger partial charge on any atom is -0.505 e. The topological polar surface area (TPSA) is 82.7 Å². The van der Waals surface area contributed by atoms with Crippen LogP contribution in [-0.4, -0.2) is 46.1 Å². The summed E-state index contributed by atoms with van der Waals surface area (Å²) in [5.74, 6) is -0.272. The third-order valence-corrected chi connectivity index (χ3v) is 5.08. The number of phenolic OH excluding ortho intramolecular Hbond substituents is 1. The first-order chi connectivity index (χ1) is 13.5. The van der Waals surface area contributed by atoms with E-state index >= 15 is 0 Å². The minimum absolute atomic E-state index is 0.0119. The van der Waals surface area contributed by atoms with Gasteiger partial charge in [0.25, 0.3) is 5.69 Å². The largest absolute Gasteiger partial charge is 0.505 e. The van der Waals surface area contributed by atoms with Gasteiger partial charge in [0.2, 0.25) is 0 Å². The molecule has 1 aliphatic heterocycles. The lowest BCUT2D eigenvalue weighted by Crippen LogP contribution is -2.46. The molecule has 7 nitrogen and oxygen atoms in total. The van der Waals surface area contributed by atoms with E-state index in [1.54, 1.807) is 24.3 Å². The predicted molar refractivity (Wildman–Crippen MR) is 104 cm³/mol. The molecule has 8 heteroatoms. The molecule has 4 rings (SSSR count). The fraction of sp³-hybridized carbons (Fsp3) is 0.250. The van der Waals surface area contributed by atoms with Gasteiger partial charge in [-0.15, -0.1) is 0 Å². The summed E-state index contributed by atoms with van der Waals surface area (Å²) in [4.78, 5) is 19.4. The van der Waals surface area contributed by atoms with Crippen molar-refractivity contribution in [3.63, 3.8) is 0 Å². The van der Waals surface area contributed by atoms with E-state index in [9.17, 15) is 19.6 Å². The van der Waals surface area contributed by atoms with E-state index in [-0.39, 0.29) is 22.8 Å². The quantitative estimate of drug-likeness (QED) is 0.551. The Labute approximate surface area is 160 Å². The van der Waals surface area contributed by atoms with Gasteiger partial charge in [0.15, 0.2) is 0 Å². The molecule has 0 unspecified atom stereocenters. The highest BCUT2D eigenvalue weighted by atomic mass is 19.1. The van der Waals surface area contributed by atoms with Crippen molar-refractivity contribution in [1.82, 2.24) is 9.88 Å². The van der Waals surface area contributed by atoms with Crippen molar-refractivity contribution in [2.24, 2.45) is 0 Å². The summed E-state index contributed by atoms with van der Waals surface area (Å²) in [7, 11) is 0. The van der Waals surface area contributed by atoms with Gasteiger partial charge >= 0.3 is 0 Å². The lowest BCUT2D eigenvalue weighted by Gasteiger charge is -2.36. The number of non-ortho nitro benzene ring substituents is 1. The Hall–Kier alpha value is -3.26. The van der Waals surface area contributed by atoms with Crippen molar-refractivity contribution in [2.75, 3.05) is 31.1 Å². The second-order valence-corrected chi connectivity index (χ2v) is 6.80. The van der Waals surface area contributed by atoms with Crippen LogP contribution in [0.3, 0.4) is 0 Å². The summed E-state index contributed by atoms with van der Waals surface area (Å²) in [5.41, 5.74) is 1.65. The molecule has 0 spiro atoms. The van der Waals surface area contributed by atoms with E-state index in [1.165, 1.54) is 24.4 Å². The van der Waals surface area contributed by atoms with Gasteiger partial charge in [-0.25, -0.2) is 4.39 Å². The molecular weight excluding hydrogens is 363 g/mol. The fourth-order valence-corrected chi connectivity index (χ4v) is 3.59. The van der Waals surface area contributed by atoms with Crippen molar-refractivity contribution in [3.8, 4) is 5.75 Å². The number of halogens is 1. The number of hydrogen-bond donors (Lipinski definition) is 1. The lowest BCUT2D eigenvalue weighted by molar-refractivity contribution is -0.383. The van der Waals surface area contributed by atoms with Crippen LogP contribution in [0.1, 0.15) is 5.56 Å². The number of hydrogen-bond acceptors (Lipinski definition) is 6. The molecule has 0 radical (unpaired) electrons. The predicted octanol–water partition coefficient (Wildman–Crippen LogP) is 3.31. The van der Waals surface area contributed by atoms with Crippen molar-refractivity contribution in [2.45, 2.75) is 6.54 Å². The van der Waals surface area contributed by atoms with Gasteiger partial charge in [0, 0.05) is 56.2 Å². The monoisotopic (exact) mass is 382 g/mol. The van der Waals surface area contributed by atoms with Gasteiger partial charge < -0.3 is 10.0 Å². The SMILES string of the molecule is O=[N+]([O-])c1cc(CN2CCN(c3ccc(F)cc3)CC2)c(O)c2ncccc12. The zero-order chi connectivity index (χ0) is 19.7. The van der Waals surface area contributed by atoms with E-state index in [2.05, 4.69) is 14.8 Å². The Morgan fingerprint density at radius 3 is 2.54 bits per heavy atom. The van der Waals surface area contributed by atoms with Crippen LogP contribution in [0, 0.1) is 15.9 Å². The number of piperazine rings is 1. The summed E-state index contributed by atoms with van der Waals surface area (Å²) in [6, 6.07) is 11.0. The zero-order valence-electron chi connectivity index (χ0n) is 15.1. The van der Waals surface area contributed by atoms with E-state index in [0.717, 1.165) is 31.9 Å². The van der Waals surface area contributed by atoms with Crippen LogP contribution in [0.25, 0.3) is 10.9 Å². The third-order valence-electron chi connectivity index (χ3n) is 5.08. The normalized spacial score (nSPS) is 15.1. The first kappa shape index (κ1) is 18.1. The molecule has 2 heterocycles. The van der Waals surface area contributed by atoms with Gasteiger partial charge in [-0.1, -0.05) is 0 Å². The van der Waals surface area contributed by atoms with Crippen molar-refractivity contribution in [1.29, 1.82) is 0 Å². The number of rotatable bonds is 4. The number of nitro benzene ring substituents is 1. The van der Waals surface area contributed by atoms with Gasteiger partial charge in [-0.05, 0) is 36.4 Å². The van der Waals surface area contributed by atoms with Crippen LogP contribution in [0.5, 0.6) is 5.75 Å². The molecule has 1 fully saturated rings. The number of pyridine rings is 1. The van der Waals surface area contributed by atoms with Crippen molar-refractivity contribution in [3.05, 3.63) is 70.2 Å². The molecule has 144 valence electrons. The Bertz CT molecular complexity index is 1020. The molecule has 0 saturated carbocycles. The van der Waals surface area contributed by atoms with Crippen LogP contribution >= 0.6 is 0 Å². The molecule has 1 aliphatic rings. The molecule has 1 aromatic heterocycles. The maximum atomic E-state index is 13.1. The van der Waals surface area contributed by atoms with E-state index < -0.39 is 4.92 Å². The standard InChI is InChI=1S/C20H19FN4O3/c21-15-3-5-16(6-4-15)24-10-8-23(9-11-24)13-14-12-18(25(27)28)17-2-1-7-22-19(17)20(14)26/h1-7,12,26H,8-11,13H2. The highest BCUT2D eigenvalue weighted by Crippen LogP contribution is 2.35. The first-order valence-electron chi connectivity index (χ1n) is 9.00. The van der Waals surface area contributed by atoms with Crippen LogP contribution in [0.2, 0.25) is 0 Å². The number of anilines is 1. The molecule has 2 aromatic carbocycles. The number of benzene rings is 2. The molecule has 0 atom stereocenters. The Morgan fingerprint density at radius 1 is 1.14 bits per heavy atom. The van der Waals surface area contributed by atoms with Gasteiger partial charge in [-0.3, -0.25) is 20.0 Å². The Balaban J connectivity index is 1.52. The zero-order valence-corrected chi connectivity index (χ0v) is 15.1. The second kappa shape index (κ2) is 7.40. The van der Waals surface area contributed by atoms with Crippen LogP contribution < -0.4 is 4.90 Å². The molecule has 0 aliphatic carbocycles. The molecular formula is C20H19FN4O3. The highest BCUT2D eigenvalue weighted by Gasteiger charge is 2.23. The average molecular weight is 382 g/mol. The molecule has 3 aromatic rings. The number of phenols is 1. The summed E-state index contributed by atoms with van der Waals surface area (Å²) < 4.78 is 13.1. The van der Waals surface area contributed by atoms with E-state index in [1.807, 2.05) is 0 Å². The summed E-state index contributed by atoms with van der Waals surface area (Å²) >= 11 is 0. The number of nitro groups is 1.